The Kier molecular flexibility index (Phi) is 6.65. The Labute approximate surface area is 155 Å². The zero-order valence-electron chi connectivity index (χ0n) is 14.7. The third kappa shape index (κ3) is 6.13. The van der Waals surface area contributed by atoms with Crippen LogP contribution in [0.3, 0.4) is 0 Å². The van der Waals surface area contributed by atoms with Crippen LogP contribution in [0.2, 0.25) is 0 Å². The van der Waals surface area contributed by atoms with E-state index in [0.717, 1.165) is 12.8 Å². The van der Waals surface area contributed by atoms with Gasteiger partial charge >= 0.3 is 6.09 Å². The Hall–Kier alpha value is -1.37. The second-order valence-electron chi connectivity index (χ2n) is 7.20. The average molecular weight is 420 g/mol. The van der Waals surface area contributed by atoms with Gasteiger partial charge in [-0.2, -0.15) is 0 Å². The monoisotopic (exact) mass is 419 g/mol. The Morgan fingerprint density at radius 1 is 1.32 bits per heavy atom. The van der Waals surface area contributed by atoms with Crippen LogP contribution in [0.4, 0.5) is 13.6 Å². The molecule has 1 aliphatic rings. The Morgan fingerprint density at radius 2 is 1.96 bits per heavy atom. The molecule has 1 aliphatic heterocycles. The highest BCUT2D eigenvalue weighted by molar-refractivity contribution is 9.10. The molecule has 0 bridgehead atoms. The van der Waals surface area contributed by atoms with Gasteiger partial charge in [-0.15, -0.1) is 0 Å². The molecule has 1 amide bonds. The number of carbonyl (C=O) groups is 1. The average Bonchev–Trinajstić information content (AvgIpc) is 2.52. The van der Waals surface area contributed by atoms with Gasteiger partial charge in [0.15, 0.2) is 0 Å². The van der Waals surface area contributed by atoms with Gasteiger partial charge in [-0.3, -0.25) is 0 Å². The van der Waals surface area contributed by atoms with Crippen molar-refractivity contribution in [3.63, 3.8) is 0 Å². The van der Waals surface area contributed by atoms with Crippen molar-refractivity contribution in [3.05, 3.63) is 28.2 Å². The molecule has 1 heterocycles. The summed E-state index contributed by atoms with van der Waals surface area (Å²) in [6.07, 6.45) is -1.36. The minimum atomic E-state index is -2.58. The van der Waals surface area contributed by atoms with Gasteiger partial charge in [0.25, 0.3) is 6.43 Å². The normalized spacial score (nSPS) is 16.2. The summed E-state index contributed by atoms with van der Waals surface area (Å²) < 4.78 is 37.8. The van der Waals surface area contributed by atoms with E-state index < -0.39 is 12.0 Å². The van der Waals surface area contributed by atoms with E-state index in [4.69, 9.17) is 9.47 Å². The third-order valence-corrected chi connectivity index (χ3v) is 4.44. The SMILES string of the molecule is CC(C)(C)OC(=O)N1CCC(COc2ccc(Br)cc2C(F)F)CC1. The Balaban J connectivity index is 1.84. The predicted octanol–water partition coefficient (Wildman–Crippen LogP) is 5.41. The number of amides is 1. The van der Waals surface area contributed by atoms with Crippen LogP contribution in [0.5, 0.6) is 5.75 Å². The summed E-state index contributed by atoms with van der Waals surface area (Å²) in [5.41, 5.74) is -0.620. The lowest BCUT2D eigenvalue weighted by Crippen LogP contribution is -2.42. The topological polar surface area (TPSA) is 38.8 Å². The summed E-state index contributed by atoms with van der Waals surface area (Å²) in [5.74, 6) is 0.445. The van der Waals surface area contributed by atoms with E-state index in [1.807, 2.05) is 20.8 Å². The largest absolute Gasteiger partial charge is 0.493 e. The standard InChI is InChI=1S/C18H24BrF2NO3/c1-18(2,3)25-17(23)22-8-6-12(7-9-22)11-24-15-5-4-13(19)10-14(15)16(20)21/h4-5,10,12,16H,6-9,11H2,1-3H3. The lowest BCUT2D eigenvalue weighted by atomic mass is 9.98. The van der Waals surface area contributed by atoms with E-state index >= 15 is 0 Å². The molecule has 0 radical (unpaired) electrons. The lowest BCUT2D eigenvalue weighted by Gasteiger charge is -2.33. The van der Waals surface area contributed by atoms with Gasteiger partial charge in [-0.25, -0.2) is 13.6 Å². The molecule has 25 heavy (non-hydrogen) atoms. The second kappa shape index (κ2) is 8.34. The number of alkyl halides is 2. The molecule has 0 N–H and O–H groups in total. The first-order valence-corrected chi connectivity index (χ1v) is 9.13. The van der Waals surface area contributed by atoms with Gasteiger partial charge in [0.05, 0.1) is 12.2 Å². The quantitative estimate of drug-likeness (QED) is 0.654. The Bertz CT molecular complexity index is 596. The van der Waals surface area contributed by atoms with Gasteiger partial charge in [0.2, 0.25) is 0 Å². The van der Waals surface area contributed by atoms with Crippen LogP contribution >= 0.6 is 15.9 Å². The number of carbonyl (C=O) groups excluding carboxylic acids is 1. The molecule has 0 saturated carbocycles. The zero-order chi connectivity index (χ0) is 18.6. The first-order chi connectivity index (χ1) is 11.7. The van der Waals surface area contributed by atoms with Crippen molar-refractivity contribution in [1.29, 1.82) is 0 Å². The van der Waals surface area contributed by atoms with E-state index in [1.165, 1.54) is 6.07 Å². The molecule has 2 rings (SSSR count). The molecule has 4 nitrogen and oxygen atoms in total. The molecular formula is C18H24BrF2NO3. The number of benzene rings is 1. The number of ether oxygens (including phenoxy) is 2. The molecule has 0 spiro atoms. The molecule has 140 valence electrons. The van der Waals surface area contributed by atoms with Crippen LogP contribution < -0.4 is 4.74 Å². The summed E-state index contributed by atoms with van der Waals surface area (Å²) in [4.78, 5) is 13.7. The number of likely N-dealkylation sites (tertiary alicyclic amines) is 1. The summed E-state index contributed by atoms with van der Waals surface area (Å²) in [7, 11) is 0. The third-order valence-electron chi connectivity index (χ3n) is 3.95. The molecular weight excluding hydrogens is 396 g/mol. The second-order valence-corrected chi connectivity index (χ2v) is 8.12. The van der Waals surface area contributed by atoms with E-state index in [1.54, 1.807) is 17.0 Å². The smallest absolute Gasteiger partial charge is 0.410 e. The number of hydrogen-bond donors (Lipinski definition) is 0. The molecule has 0 unspecified atom stereocenters. The van der Waals surface area contributed by atoms with E-state index in [0.29, 0.717) is 24.2 Å². The summed E-state index contributed by atoms with van der Waals surface area (Å²) in [5, 5.41) is 0. The van der Waals surface area contributed by atoms with Crippen molar-refractivity contribution >= 4 is 22.0 Å². The van der Waals surface area contributed by atoms with Crippen LogP contribution in [0.1, 0.15) is 45.6 Å². The molecule has 0 aliphatic carbocycles. The van der Waals surface area contributed by atoms with Gasteiger partial charge in [-0.1, -0.05) is 15.9 Å². The molecule has 7 heteroatoms. The molecule has 0 atom stereocenters. The van der Waals surface area contributed by atoms with Gasteiger partial charge in [-0.05, 0) is 57.7 Å². The van der Waals surface area contributed by atoms with E-state index in [2.05, 4.69) is 15.9 Å². The number of rotatable bonds is 4. The predicted molar refractivity (Wildman–Crippen MR) is 95.1 cm³/mol. The van der Waals surface area contributed by atoms with E-state index in [9.17, 15) is 13.6 Å². The first-order valence-electron chi connectivity index (χ1n) is 8.34. The highest BCUT2D eigenvalue weighted by atomic mass is 79.9. The first kappa shape index (κ1) is 19.9. The minimum Gasteiger partial charge on any atom is -0.493 e. The van der Waals surface area contributed by atoms with Crippen molar-refractivity contribution in [3.8, 4) is 5.75 Å². The van der Waals surface area contributed by atoms with Crippen molar-refractivity contribution in [1.82, 2.24) is 4.90 Å². The van der Waals surface area contributed by atoms with E-state index in [-0.39, 0.29) is 23.3 Å². The van der Waals surface area contributed by atoms with Crippen molar-refractivity contribution in [2.45, 2.75) is 45.6 Å². The van der Waals surface area contributed by atoms with Crippen LogP contribution in [0.15, 0.2) is 22.7 Å². The maximum atomic E-state index is 13.1. The molecule has 1 fully saturated rings. The summed E-state index contributed by atoms with van der Waals surface area (Å²) in [6, 6.07) is 4.62. The molecule has 1 aromatic rings. The molecule has 1 saturated heterocycles. The zero-order valence-corrected chi connectivity index (χ0v) is 16.3. The van der Waals surface area contributed by atoms with Crippen molar-refractivity contribution in [2.24, 2.45) is 5.92 Å². The van der Waals surface area contributed by atoms with Gasteiger partial charge in [0, 0.05) is 17.6 Å². The number of halogens is 3. The highest BCUT2D eigenvalue weighted by Crippen LogP contribution is 2.32. The van der Waals surface area contributed by atoms with Crippen LogP contribution in [-0.4, -0.2) is 36.3 Å². The molecule has 0 aromatic heterocycles. The van der Waals surface area contributed by atoms with Crippen molar-refractivity contribution < 1.29 is 23.0 Å². The Morgan fingerprint density at radius 3 is 2.52 bits per heavy atom. The van der Waals surface area contributed by atoms with Crippen LogP contribution in [0.25, 0.3) is 0 Å². The van der Waals surface area contributed by atoms with Crippen molar-refractivity contribution in [2.75, 3.05) is 19.7 Å². The number of nitrogens with zero attached hydrogens (tertiary/aromatic N) is 1. The number of hydrogen-bond acceptors (Lipinski definition) is 3. The summed E-state index contributed by atoms with van der Waals surface area (Å²) in [6.45, 7) is 7.05. The lowest BCUT2D eigenvalue weighted by molar-refractivity contribution is 0.0163. The van der Waals surface area contributed by atoms with Gasteiger partial charge < -0.3 is 14.4 Å². The number of piperidine rings is 1. The van der Waals surface area contributed by atoms with Crippen LogP contribution in [-0.2, 0) is 4.74 Å². The van der Waals surface area contributed by atoms with Crippen LogP contribution in [0, 0.1) is 5.92 Å². The maximum absolute atomic E-state index is 13.1. The minimum absolute atomic E-state index is 0.111. The maximum Gasteiger partial charge on any atom is 0.410 e. The summed E-state index contributed by atoms with van der Waals surface area (Å²) >= 11 is 3.19. The van der Waals surface area contributed by atoms with Gasteiger partial charge in [0.1, 0.15) is 11.4 Å². The fourth-order valence-corrected chi connectivity index (χ4v) is 3.02. The fourth-order valence-electron chi connectivity index (χ4n) is 2.64. The highest BCUT2D eigenvalue weighted by Gasteiger charge is 2.27. The fraction of sp³-hybridized carbons (Fsp3) is 0.611. The molecule has 1 aromatic carbocycles.